The van der Waals surface area contributed by atoms with Crippen LogP contribution in [-0.4, -0.2) is 26.6 Å². The first-order valence-corrected chi connectivity index (χ1v) is 10.7. The van der Waals surface area contributed by atoms with Crippen LogP contribution in [-0.2, 0) is 0 Å². The van der Waals surface area contributed by atoms with Crippen molar-refractivity contribution in [2.45, 2.75) is 26.2 Å². The molecule has 0 heterocycles. The molecule has 0 amide bonds. The first kappa shape index (κ1) is 25.1. The summed E-state index contributed by atoms with van der Waals surface area (Å²) in [6, 6.07) is 12.5. The Kier molecular flexibility index (Phi) is 8.15. The van der Waals surface area contributed by atoms with Crippen molar-refractivity contribution in [3.8, 4) is 28.4 Å². The predicted molar refractivity (Wildman–Crippen MR) is 120 cm³/mol. The lowest BCUT2D eigenvalue weighted by Crippen LogP contribution is -2.16. The molecule has 0 spiro atoms. The summed E-state index contributed by atoms with van der Waals surface area (Å²) in [5.74, 6) is -1.47. The number of rotatable bonds is 6. The summed E-state index contributed by atoms with van der Waals surface area (Å²) >= 11 is 0. The summed E-state index contributed by atoms with van der Waals surface area (Å²) in [7, 11) is 1.23. The van der Waals surface area contributed by atoms with Gasteiger partial charge in [-0.2, -0.15) is 0 Å². The van der Waals surface area contributed by atoms with Crippen molar-refractivity contribution in [1.82, 2.24) is 0 Å². The largest absolute Gasteiger partial charge is 0.494 e. The monoisotopic (exact) mass is 476 g/mol. The molecule has 3 aromatic carbocycles. The van der Waals surface area contributed by atoms with E-state index >= 15 is 0 Å². The van der Waals surface area contributed by atoms with Gasteiger partial charge < -0.3 is 14.2 Å². The Morgan fingerprint density at radius 3 is 1.74 bits per heavy atom. The maximum atomic E-state index is 14.5. The highest BCUT2D eigenvalue weighted by atomic mass is 19.2. The van der Waals surface area contributed by atoms with Crippen LogP contribution in [0.1, 0.15) is 47.7 Å². The van der Waals surface area contributed by atoms with E-state index in [9.17, 15) is 22.4 Å². The number of halogens is 4. The third-order valence-electron chi connectivity index (χ3n) is 5.23. The zero-order valence-corrected chi connectivity index (χ0v) is 18.9. The molecule has 0 saturated heterocycles. The van der Waals surface area contributed by atoms with Gasteiger partial charge in [0.05, 0.1) is 20.3 Å². The number of ether oxygens (including phenoxy) is 3. The van der Waals surface area contributed by atoms with Crippen molar-refractivity contribution in [3.63, 3.8) is 0 Å². The summed E-state index contributed by atoms with van der Waals surface area (Å²) in [6.07, 6.45) is -3.83. The van der Waals surface area contributed by atoms with Gasteiger partial charge in [-0.05, 0) is 61.4 Å². The van der Waals surface area contributed by atoms with Crippen LogP contribution >= 0.6 is 0 Å². The van der Waals surface area contributed by atoms with Gasteiger partial charge in [0.2, 0.25) is 0 Å². The maximum absolute atomic E-state index is 14.5. The number of carbonyl (C=O) groups excluding carboxylic acids is 1. The highest BCUT2D eigenvalue weighted by Gasteiger charge is 2.40. The predicted octanol–water partition coefficient (Wildman–Crippen LogP) is 6.97. The minimum absolute atomic E-state index is 0.113. The molecule has 0 fully saturated rings. The SMILES string of the molecule is CCOc1ccc(C=O)cc1.CCOc1ccc2c(c1F)C(F)C(F)c1c-2ccc(OC)c1F. The van der Waals surface area contributed by atoms with Crippen LogP contribution in [0.25, 0.3) is 11.1 Å². The van der Waals surface area contributed by atoms with Crippen LogP contribution < -0.4 is 14.2 Å². The van der Waals surface area contributed by atoms with Crippen LogP contribution in [0.15, 0.2) is 48.5 Å². The van der Waals surface area contributed by atoms with E-state index in [1.807, 2.05) is 6.92 Å². The van der Waals surface area contributed by atoms with E-state index in [1.165, 1.54) is 31.4 Å². The molecule has 1 aliphatic rings. The lowest BCUT2D eigenvalue weighted by atomic mass is 9.82. The van der Waals surface area contributed by atoms with Gasteiger partial charge in [-0.25, -0.2) is 17.6 Å². The Morgan fingerprint density at radius 2 is 1.26 bits per heavy atom. The van der Waals surface area contributed by atoms with Crippen molar-refractivity contribution in [1.29, 1.82) is 0 Å². The van der Waals surface area contributed by atoms with Crippen molar-refractivity contribution in [2.24, 2.45) is 0 Å². The molecule has 0 N–H and O–H groups in total. The number of alkyl halides is 2. The molecule has 8 heteroatoms. The Hall–Kier alpha value is -3.55. The average Bonchev–Trinajstić information content (AvgIpc) is 2.85. The van der Waals surface area contributed by atoms with E-state index in [0.717, 1.165) is 12.0 Å². The lowest BCUT2D eigenvalue weighted by molar-refractivity contribution is 0.112. The summed E-state index contributed by atoms with van der Waals surface area (Å²) in [4.78, 5) is 10.2. The smallest absolute Gasteiger partial charge is 0.171 e. The van der Waals surface area contributed by atoms with Crippen LogP contribution in [0, 0.1) is 11.6 Å². The molecule has 2 atom stereocenters. The molecule has 0 aliphatic heterocycles. The first-order chi connectivity index (χ1) is 16.4. The van der Waals surface area contributed by atoms with Gasteiger partial charge >= 0.3 is 0 Å². The number of benzene rings is 3. The molecule has 3 aromatic rings. The maximum Gasteiger partial charge on any atom is 0.171 e. The fourth-order valence-electron chi connectivity index (χ4n) is 3.68. The summed E-state index contributed by atoms with van der Waals surface area (Å²) in [5.41, 5.74) is 0.00688. The Labute approximate surface area is 195 Å². The number of hydrogen-bond acceptors (Lipinski definition) is 4. The molecule has 1 aliphatic carbocycles. The molecule has 0 radical (unpaired) electrons. The molecule has 180 valence electrons. The number of methoxy groups -OCH3 is 1. The molecule has 0 bridgehead atoms. The second-order valence-corrected chi connectivity index (χ2v) is 7.24. The van der Waals surface area contributed by atoms with Gasteiger partial charge in [-0.3, -0.25) is 4.79 Å². The van der Waals surface area contributed by atoms with Crippen molar-refractivity contribution < 1.29 is 36.6 Å². The minimum Gasteiger partial charge on any atom is -0.494 e. The van der Waals surface area contributed by atoms with Crippen LogP contribution in [0.3, 0.4) is 0 Å². The summed E-state index contributed by atoms with van der Waals surface area (Å²) in [5, 5.41) is 0. The number of hydrogen-bond donors (Lipinski definition) is 0. The molecule has 0 aromatic heterocycles. The third-order valence-corrected chi connectivity index (χ3v) is 5.23. The molecular weight excluding hydrogens is 452 g/mol. The van der Waals surface area contributed by atoms with Crippen molar-refractivity contribution >= 4 is 6.29 Å². The van der Waals surface area contributed by atoms with Crippen molar-refractivity contribution in [3.05, 3.63) is 76.9 Å². The summed E-state index contributed by atoms with van der Waals surface area (Å²) in [6.45, 7) is 4.42. The van der Waals surface area contributed by atoms with Gasteiger partial charge in [0.15, 0.2) is 35.5 Å². The second kappa shape index (κ2) is 11.0. The molecular formula is C26H24F4O4. The fraction of sp³-hybridized carbons (Fsp3) is 0.269. The standard InChI is InChI=1S/C17H14F4O2.C9H10O2/c1-3-23-11-7-5-9-8-4-6-10(22-2)14(18)12(8)16(20)17(21)13(9)15(11)19;1-2-11-9-5-3-8(7-10)4-6-9/h4-7,16-17H,3H2,1-2H3;3-7H,2H2,1H3. The average molecular weight is 476 g/mol. The number of fused-ring (bicyclic) bond motifs is 3. The highest BCUT2D eigenvalue weighted by Crippen LogP contribution is 2.52. The summed E-state index contributed by atoms with van der Waals surface area (Å²) < 4.78 is 72.8. The van der Waals surface area contributed by atoms with Gasteiger partial charge in [-0.15, -0.1) is 0 Å². The van der Waals surface area contributed by atoms with Gasteiger partial charge in [0.1, 0.15) is 12.0 Å². The Morgan fingerprint density at radius 1 is 0.765 bits per heavy atom. The fourth-order valence-corrected chi connectivity index (χ4v) is 3.68. The number of aldehydes is 1. The zero-order valence-electron chi connectivity index (χ0n) is 18.9. The quantitative estimate of drug-likeness (QED) is 0.285. The minimum atomic E-state index is -2.32. The van der Waals surface area contributed by atoms with E-state index in [2.05, 4.69) is 0 Å². The third kappa shape index (κ3) is 4.85. The molecule has 4 rings (SSSR count). The topological polar surface area (TPSA) is 44.8 Å². The molecule has 2 unspecified atom stereocenters. The van der Waals surface area contributed by atoms with Crippen LogP contribution in [0.5, 0.6) is 17.2 Å². The van der Waals surface area contributed by atoms with E-state index in [0.29, 0.717) is 12.2 Å². The lowest BCUT2D eigenvalue weighted by Gasteiger charge is -2.28. The highest BCUT2D eigenvalue weighted by molar-refractivity contribution is 5.77. The molecule has 0 saturated carbocycles. The van der Waals surface area contributed by atoms with Gasteiger partial charge in [-0.1, -0.05) is 12.1 Å². The van der Waals surface area contributed by atoms with Gasteiger partial charge in [0, 0.05) is 16.7 Å². The van der Waals surface area contributed by atoms with Gasteiger partial charge in [0.25, 0.3) is 0 Å². The molecule has 4 nitrogen and oxygen atoms in total. The number of carbonyl (C=O) groups is 1. The van der Waals surface area contributed by atoms with Crippen molar-refractivity contribution in [2.75, 3.05) is 20.3 Å². The molecule has 34 heavy (non-hydrogen) atoms. The Balaban J connectivity index is 0.000000248. The Bertz CT molecular complexity index is 1150. The normalized spacial score (nSPS) is 15.9. The van der Waals surface area contributed by atoms with E-state index in [-0.39, 0.29) is 29.2 Å². The second-order valence-electron chi connectivity index (χ2n) is 7.24. The van der Waals surface area contributed by atoms with E-state index < -0.39 is 35.1 Å². The first-order valence-electron chi connectivity index (χ1n) is 10.7. The zero-order chi connectivity index (χ0) is 24.8. The van der Waals surface area contributed by atoms with Crippen LogP contribution in [0.4, 0.5) is 17.6 Å². The van der Waals surface area contributed by atoms with E-state index in [4.69, 9.17) is 14.2 Å². The van der Waals surface area contributed by atoms with Crippen LogP contribution in [0.2, 0.25) is 0 Å². The van der Waals surface area contributed by atoms with E-state index in [1.54, 1.807) is 31.2 Å².